The number of nitrogens with one attached hydrogen (secondary N) is 1. The summed E-state index contributed by atoms with van der Waals surface area (Å²) in [6.45, 7) is 7.09. The lowest BCUT2D eigenvalue weighted by molar-refractivity contribution is 0.0787. The minimum absolute atomic E-state index is 0.119. The molecule has 0 saturated carbocycles. The van der Waals surface area contributed by atoms with Gasteiger partial charge >= 0.3 is 0 Å². The first-order chi connectivity index (χ1) is 12.6. The number of hydrogen-bond acceptors (Lipinski definition) is 4. The number of carbonyl (C=O) groups is 1. The monoisotopic (exact) mass is 353 g/mol. The topological polar surface area (TPSA) is 54.5 Å². The van der Waals surface area contributed by atoms with Gasteiger partial charge in [0.2, 0.25) is 0 Å². The Balaban J connectivity index is 1.69. The number of rotatable bonds is 6. The van der Waals surface area contributed by atoms with Gasteiger partial charge in [0.1, 0.15) is 12.4 Å². The van der Waals surface area contributed by atoms with E-state index >= 15 is 0 Å². The summed E-state index contributed by atoms with van der Waals surface area (Å²) in [4.78, 5) is 18.9. The average Bonchev–Trinajstić information content (AvgIpc) is 3.10. The van der Waals surface area contributed by atoms with Gasteiger partial charge in [-0.3, -0.25) is 9.78 Å². The molecule has 0 bridgehead atoms. The minimum atomic E-state index is 0.119. The predicted octanol–water partition coefficient (Wildman–Crippen LogP) is 2.96. The van der Waals surface area contributed by atoms with Gasteiger partial charge in [-0.15, -0.1) is 0 Å². The minimum Gasteiger partial charge on any atom is -0.488 e. The van der Waals surface area contributed by atoms with Crippen LogP contribution < -0.4 is 10.1 Å². The molecule has 1 aliphatic heterocycles. The Morgan fingerprint density at radius 3 is 2.77 bits per heavy atom. The smallest absolute Gasteiger partial charge is 0.253 e. The molecular formula is C21H27N3O2. The third-order valence-electron chi connectivity index (χ3n) is 4.88. The van der Waals surface area contributed by atoms with E-state index in [0.29, 0.717) is 12.5 Å². The number of carbonyl (C=O) groups excluding carboxylic acids is 1. The van der Waals surface area contributed by atoms with Gasteiger partial charge in [-0.05, 0) is 69.1 Å². The first-order valence-electron chi connectivity index (χ1n) is 9.15. The molecule has 5 nitrogen and oxygen atoms in total. The fourth-order valence-corrected chi connectivity index (χ4v) is 3.60. The first kappa shape index (κ1) is 18.4. The number of likely N-dealkylation sites (tertiary alicyclic amines) is 1. The van der Waals surface area contributed by atoms with Gasteiger partial charge in [0.05, 0.1) is 0 Å². The Hall–Kier alpha value is -2.40. The van der Waals surface area contributed by atoms with E-state index in [1.54, 1.807) is 12.4 Å². The lowest BCUT2D eigenvalue weighted by Crippen LogP contribution is -2.30. The zero-order chi connectivity index (χ0) is 18.5. The number of aryl methyl sites for hydroxylation is 2. The largest absolute Gasteiger partial charge is 0.488 e. The lowest BCUT2D eigenvalue weighted by Gasteiger charge is -2.19. The number of ether oxygens (including phenoxy) is 1. The predicted molar refractivity (Wildman–Crippen MR) is 102 cm³/mol. The van der Waals surface area contributed by atoms with Crippen molar-refractivity contribution >= 4 is 5.91 Å². The Morgan fingerprint density at radius 1 is 1.35 bits per heavy atom. The number of benzene rings is 1. The maximum Gasteiger partial charge on any atom is 0.253 e. The Morgan fingerprint density at radius 2 is 2.12 bits per heavy atom. The highest BCUT2D eigenvalue weighted by molar-refractivity contribution is 5.95. The molecule has 1 saturated heterocycles. The van der Waals surface area contributed by atoms with Crippen molar-refractivity contribution in [1.29, 1.82) is 0 Å². The van der Waals surface area contributed by atoms with Crippen molar-refractivity contribution in [2.45, 2.75) is 26.9 Å². The maximum absolute atomic E-state index is 12.8. The number of hydrogen-bond donors (Lipinski definition) is 1. The van der Waals surface area contributed by atoms with Crippen molar-refractivity contribution in [3.63, 3.8) is 0 Å². The summed E-state index contributed by atoms with van der Waals surface area (Å²) in [5.41, 5.74) is 3.75. The van der Waals surface area contributed by atoms with Crippen LogP contribution in [0.1, 0.15) is 33.5 Å². The molecule has 0 aliphatic carbocycles. The van der Waals surface area contributed by atoms with Crippen LogP contribution in [0.3, 0.4) is 0 Å². The van der Waals surface area contributed by atoms with Crippen molar-refractivity contribution in [3.05, 3.63) is 58.9 Å². The molecule has 1 atom stereocenters. The fourth-order valence-electron chi connectivity index (χ4n) is 3.60. The molecule has 26 heavy (non-hydrogen) atoms. The van der Waals surface area contributed by atoms with E-state index in [2.05, 4.69) is 10.3 Å². The van der Waals surface area contributed by atoms with Gasteiger partial charge in [-0.25, -0.2) is 0 Å². The highest BCUT2D eigenvalue weighted by atomic mass is 16.5. The molecule has 1 amide bonds. The van der Waals surface area contributed by atoms with Gasteiger partial charge in [-0.2, -0.15) is 0 Å². The van der Waals surface area contributed by atoms with E-state index in [9.17, 15) is 4.79 Å². The summed E-state index contributed by atoms with van der Waals surface area (Å²) >= 11 is 0. The normalized spacial score (nSPS) is 16.7. The van der Waals surface area contributed by atoms with E-state index in [1.165, 1.54) is 0 Å². The molecule has 2 aromatic rings. The third-order valence-corrected chi connectivity index (χ3v) is 4.88. The van der Waals surface area contributed by atoms with Crippen molar-refractivity contribution in [1.82, 2.24) is 15.2 Å². The zero-order valence-electron chi connectivity index (χ0n) is 15.8. The fraction of sp³-hybridized carbons (Fsp3) is 0.429. The van der Waals surface area contributed by atoms with Crippen LogP contribution in [0.2, 0.25) is 0 Å². The van der Waals surface area contributed by atoms with Crippen LogP contribution in [0, 0.1) is 19.8 Å². The molecule has 3 rings (SSSR count). The van der Waals surface area contributed by atoms with E-state index < -0.39 is 0 Å². The molecule has 0 radical (unpaired) electrons. The highest BCUT2D eigenvalue weighted by Gasteiger charge is 2.27. The molecule has 2 heterocycles. The van der Waals surface area contributed by atoms with Crippen LogP contribution in [0.25, 0.3) is 0 Å². The molecule has 1 fully saturated rings. The quantitative estimate of drug-likeness (QED) is 0.867. The van der Waals surface area contributed by atoms with Gasteiger partial charge in [-0.1, -0.05) is 6.07 Å². The number of nitrogens with zero attached hydrogens (tertiary/aromatic N) is 2. The van der Waals surface area contributed by atoms with Crippen molar-refractivity contribution in [2.24, 2.45) is 5.92 Å². The molecule has 0 unspecified atom stereocenters. The van der Waals surface area contributed by atoms with Crippen LogP contribution in [-0.2, 0) is 6.61 Å². The Kier molecular flexibility index (Phi) is 5.89. The van der Waals surface area contributed by atoms with Crippen LogP contribution in [0.15, 0.2) is 36.7 Å². The van der Waals surface area contributed by atoms with E-state index in [-0.39, 0.29) is 5.91 Å². The summed E-state index contributed by atoms with van der Waals surface area (Å²) in [6, 6.07) is 7.78. The lowest BCUT2D eigenvalue weighted by atomic mass is 10.0. The molecule has 1 aromatic heterocycles. The second-order valence-corrected chi connectivity index (χ2v) is 7.05. The second-order valence-electron chi connectivity index (χ2n) is 7.05. The molecule has 1 aliphatic rings. The van der Waals surface area contributed by atoms with Gasteiger partial charge in [0.15, 0.2) is 0 Å². The summed E-state index contributed by atoms with van der Waals surface area (Å²) in [7, 11) is 1.96. The van der Waals surface area contributed by atoms with Crippen molar-refractivity contribution in [3.8, 4) is 5.75 Å². The Bertz CT molecular complexity index is 738. The van der Waals surface area contributed by atoms with Crippen molar-refractivity contribution in [2.75, 3.05) is 26.7 Å². The van der Waals surface area contributed by atoms with Crippen LogP contribution in [-0.4, -0.2) is 42.5 Å². The first-order valence-corrected chi connectivity index (χ1v) is 9.15. The van der Waals surface area contributed by atoms with Crippen LogP contribution >= 0.6 is 0 Å². The number of aromatic nitrogens is 1. The number of pyridine rings is 1. The van der Waals surface area contributed by atoms with Gasteiger partial charge in [0.25, 0.3) is 5.91 Å². The van der Waals surface area contributed by atoms with Crippen LogP contribution in [0.4, 0.5) is 0 Å². The summed E-state index contributed by atoms with van der Waals surface area (Å²) < 4.78 is 5.99. The standard InChI is InChI=1S/C21H27N3O2/c1-15-9-19(21(25)24-8-6-17(13-24)11-22-3)10-16(2)20(15)26-14-18-5-4-7-23-12-18/h4-5,7,9-10,12,17,22H,6,8,11,13-14H2,1-3H3/t17-/m1/s1. The van der Waals surface area contributed by atoms with Gasteiger partial charge in [0, 0.05) is 36.6 Å². The maximum atomic E-state index is 12.8. The molecular weight excluding hydrogens is 326 g/mol. The molecule has 0 spiro atoms. The third kappa shape index (κ3) is 4.22. The number of amides is 1. The molecule has 138 valence electrons. The van der Waals surface area contributed by atoms with Crippen molar-refractivity contribution < 1.29 is 9.53 Å². The summed E-state index contributed by atoms with van der Waals surface area (Å²) in [6.07, 6.45) is 4.62. The highest BCUT2D eigenvalue weighted by Crippen LogP contribution is 2.27. The van der Waals surface area contributed by atoms with E-state index in [4.69, 9.17) is 4.74 Å². The van der Waals surface area contributed by atoms with E-state index in [0.717, 1.165) is 54.1 Å². The SMILES string of the molecule is CNC[C@H]1CCN(C(=O)c2cc(C)c(OCc3cccnc3)c(C)c2)C1. The van der Waals surface area contributed by atoms with Crippen LogP contribution in [0.5, 0.6) is 5.75 Å². The summed E-state index contributed by atoms with van der Waals surface area (Å²) in [5.74, 6) is 1.52. The molecule has 1 N–H and O–H groups in total. The van der Waals surface area contributed by atoms with Gasteiger partial charge < -0.3 is 15.0 Å². The average molecular weight is 353 g/mol. The summed E-state index contributed by atoms with van der Waals surface area (Å²) in [5, 5.41) is 3.20. The second kappa shape index (κ2) is 8.32. The van der Waals surface area contributed by atoms with E-state index in [1.807, 2.05) is 50.1 Å². The molecule has 1 aromatic carbocycles. The Labute approximate surface area is 155 Å². The molecule has 5 heteroatoms. The zero-order valence-corrected chi connectivity index (χ0v) is 15.8.